The van der Waals surface area contributed by atoms with Crippen LogP contribution in [0.4, 0.5) is 4.79 Å². The highest BCUT2D eigenvalue weighted by Gasteiger charge is 2.15. The van der Waals surface area contributed by atoms with E-state index in [4.69, 9.17) is 0 Å². The van der Waals surface area contributed by atoms with Crippen LogP contribution in [0.25, 0.3) is 4.96 Å². The maximum atomic E-state index is 11.8. The third-order valence-corrected chi connectivity index (χ3v) is 4.47. The predicted molar refractivity (Wildman–Crippen MR) is 75.8 cm³/mol. The normalized spacial score (nSPS) is 16.4. The van der Waals surface area contributed by atoms with Gasteiger partial charge in [0, 0.05) is 19.0 Å². The largest absolute Gasteiger partial charge is 0.338 e. The first-order valence-electron chi connectivity index (χ1n) is 7.01. The molecule has 1 saturated carbocycles. The molecule has 0 aromatic carbocycles. The second-order valence-corrected chi connectivity index (χ2v) is 6.08. The molecule has 0 saturated heterocycles. The number of rotatable bonds is 4. The van der Waals surface area contributed by atoms with Gasteiger partial charge >= 0.3 is 6.03 Å². The van der Waals surface area contributed by atoms with Crippen molar-refractivity contribution in [3.05, 3.63) is 11.3 Å². The smallest absolute Gasteiger partial charge is 0.315 e. The van der Waals surface area contributed by atoms with Gasteiger partial charge in [-0.25, -0.2) is 4.79 Å². The number of carbonyl (C=O) groups excluding carboxylic acids is 1. The van der Waals surface area contributed by atoms with Crippen molar-refractivity contribution in [2.24, 2.45) is 0 Å². The highest BCUT2D eigenvalue weighted by Crippen LogP contribution is 2.17. The molecule has 2 aromatic rings. The van der Waals surface area contributed by atoms with Crippen LogP contribution in [-0.4, -0.2) is 38.4 Å². The Labute approximate surface area is 120 Å². The Hall–Kier alpha value is -1.70. The van der Waals surface area contributed by atoms with E-state index in [0.717, 1.165) is 22.8 Å². The molecular weight excluding hydrogens is 276 g/mol. The van der Waals surface area contributed by atoms with E-state index < -0.39 is 0 Å². The zero-order valence-electron chi connectivity index (χ0n) is 11.2. The molecule has 2 N–H and O–H groups in total. The summed E-state index contributed by atoms with van der Waals surface area (Å²) >= 11 is 1.50. The lowest BCUT2D eigenvalue weighted by atomic mass is 9.96. The van der Waals surface area contributed by atoms with Crippen molar-refractivity contribution in [2.75, 3.05) is 6.54 Å². The summed E-state index contributed by atoms with van der Waals surface area (Å²) in [5.74, 6) is 0. The van der Waals surface area contributed by atoms with Crippen molar-refractivity contribution >= 4 is 22.3 Å². The highest BCUT2D eigenvalue weighted by molar-refractivity contribution is 7.16. The van der Waals surface area contributed by atoms with Gasteiger partial charge in [-0.05, 0) is 12.8 Å². The Morgan fingerprint density at radius 2 is 2.25 bits per heavy atom. The molecule has 2 aromatic heterocycles. The maximum absolute atomic E-state index is 11.8. The number of amides is 2. The standard InChI is InChI=1S/C12H18N6OS/c19-11(15-9-4-2-1-3-5-9)13-7-6-10-17-18-8-14-16-12(18)20-10/h8-9H,1-7H2,(H2,13,15,19). The van der Waals surface area contributed by atoms with Crippen molar-refractivity contribution in [1.82, 2.24) is 30.4 Å². The van der Waals surface area contributed by atoms with Gasteiger partial charge in [0.1, 0.15) is 11.3 Å². The van der Waals surface area contributed by atoms with Crippen molar-refractivity contribution in [2.45, 2.75) is 44.6 Å². The number of nitrogens with one attached hydrogen (secondary N) is 2. The van der Waals surface area contributed by atoms with Crippen molar-refractivity contribution < 1.29 is 4.79 Å². The van der Waals surface area contributed by atoms with Gasteiger partial charge in [-0.3, -0.25) is 0 Å². The fourth-order valence-electron chi connectivity index (χ4n) is 2.47. The summed E-state index contributed by atoms with van der Waals surface area (Å²) in [7, 11) is 0. The van der Waals surface area contributed by atoms with Crippen LogP contribution in [0.3, 0.4) is 0 Å². The summed E-state index contributed by atoms with van der Waals surface area (Å²) < 4.78 is 1.65. The van der Waals surface area contributed by atoms with E-state index in [2.05, 4.69) is 25.9 Å². The minimum absolute atomic E-state index is 0.0695. The van der Waals surface area contributed by atoms with Crippen LogP contribution in [0.15, 0.2) is 6.33 Å². The number of carbonyl (C=O) groups is 1. The Kier molecular flexibility index (Phi) is 4.10. The van der Waals surface area contributed by atoms with Gasteiger partial charge in [-0.1, -0.05) is 30.6 Å². The Morgan fingerprint density at radius 3 is 3.05 bits per heavy atom. The number of aromatic nitrogens is 4. The Bertz CT molecular complexity index is 545. The van der Waals surface area contributed by atoms with Crippen LogP contribution >= 0.6 is 11.3 Å². The van der Waals surface area contributed by atoms with Crippen LogP contribution in [0.5, 0.6) is 0 Å². The van der Waals surface area contributed by atoms with Crippen LogP contribution < -0.4 is 10.6 Å². The summed E-state index contributed by atoms with van der Waals surface area (Å²) in [6.45, 7) is 0.586. The molecule has 2 heterocycles. The van der Waals surface area contributed by atoms with E-state index in [1.807, 2.05) is 0 Å². The first-order chi connectivity index (χ1) is 9.81. The highest BCUT2D eigenvalue weighted by atomic mass is 32.1. The molecule has 20 heavy (non-hydrogen) atoms. The predicted octanol–water partition coefficient (Wildman–Crippen LogP) is 1.36. The molecule has 0 radical (unpaired) electrons. The summed E-state index contributed by atoms with van der Waals surface area (Å²) in [6, 6.07) is 0.276. The number of hydrogen-bond acceptors (Lipinski definition) is 5. The molecule has 1 fully saturated rings. The first-order valence-corrected chi connectivity index (χ1v) is 7.83. The Morgan fingerprint density at radius 1 is 1.40 bits per heavy atom. The summed E-state index contributed by atoms with van der Waals surface area (Å²) in [4.78, 5) is 12.5. The molecule has 0 bridgehead atoms. The van der Waals surface area contributed by atoms with Gasteiger partial charge in [0.25, 0.3) is 0 Å². The van der Waals surface area contributed by atoms with Crippen LogP contribution in [0, 0.1) is 0 Å². The molecular formula is C12H18N6OS. The molecule has 1 aliphatic carbocycles. The summed E-state index contributed by atoms with van der Waals surface area (Å²) in [6.07, 6.45) is 8.23. The number of urea groups is 1. The van der Waals surface area contributed by atoms with E-state index >= 15 is 0 Å². The van der Waals surface area contributed by atoms with Gasteiger partial charge in [-0.2, -0.15) is 9.61 Å². The van der Waals surface area contributed by atoms with E-state index in [1.165, 1.54) is 30.6 Å². The van der Waals surface area contributed by atoms with Gasteiger partial charge < -0.3 is 10.6 Å². The first kappa shape index (κ1) is 13.3. The zero-order valence-corrected chi connectivity index (χ0v) is 12.0. The molecule has 2 amide bonds. The van der Waals surface area contributed by atoms with Crippen LogP contribution in [-0.2, 0) is 6.42 Å². The minimum Gasteiger partial charge on any atom is -0.338 e. The number of hydrogen-bond donors (Lipinski definition) is 2. The second kappa shape index (κ2) is 6.17. The third kappa shape index (κ3) is 3.24. The zero-order chi connectivity index (χ0) is 13.8. The summed E-state index contributed by atoms with van der Waals surface area (Å²) in [5.41, 5.74) is 0. The van der Waals surface area contributed by atoms with Gasteiger partial charge in [0.15, 0.2) is 0 Å². The lowest BCUT2D eigenvalue weighted by molar-refractivity contribution is 0.233. The molecule has 7 nitrogen and oxygen atoms in total. The fraction of sp³-hybridized carbons (Fsp3) is 0.667. The lowest BCUT2D eigenvalue weighted by Gasteiger charge is -2.22. The SMILES string of the molecule is O=C(NCCc1nn2cnnc2s1)NC1CCCCC1. The second-order valence-electron chi connectivity index (χ2n) is 5.04. The molecule has 0 atom stereocenters. The third-order valence-electron chi connectivity index (χ3n) is 3.49. The quantitative estimate of drug-likeness (QED) is 0.891. The van der Waals surface area contributed by atoms with Gasteiger partial charge in [0.2, 0.25) is 4.96 Å². The maximum Gasteiger partial charge on any atom is 0.315 e. The van der Waals surface area contributed by atoms with E-state index in [9.17, 15) is 4.79 Å². The van der Waals surface area contributed by atoms with Crippen molar-refractivity contribution in [3.8, 4) is 0 Å². The molecule has 0 aliphatic heterocycles. The van der Waals surface area contributed by atoms with Crippen molar-refractivity contribution in [1.29, 1.82) is 0 Å². The minimum atomic E-state index is -0.0695. The lowest BCUT2D eigenvalue weighted by Crippen LogP contribution is -2.43. The average molecular weight is 294 g/mol. The monoisotopic (exact) mass is 294 g/mol. The number of nitrogens with zero attached hydrogens (tertiary/aromatic N) is 4. The number of fused-ring (bicyclic) bond motifs is 1. The molecule has 108 valence electrons. The van der Waals surface area contributed by atoms with Gasteiger partial charge in [0.05, 0.1) is 0 Å². The van der Waals surface area contributed by atoms with Gasteiger partial charge in [-0.15, -0.1) is 10.2 Å². The molecule has 0 unspecified atom stereocenters. The van der Waals surface area contributed by atoms with Crippen LogP contribution in [0.2, 0.25) is 0 Å². The van der Waals surface area contributed by atoms with Crippen molar-refractivity contribution in [3.63, 3.8) is 0 Å². The topological polar surface area (TPSA) is 84.2 Å². The van der Waals surface area contributed by atoms with E-state index in [1.54, 1.807) is 10.8 Å². The molecule has 0 spiro atoms. The molecule has 8 heteroatoms. The fourth-order valence-corrected chi connectivity index (χ4v) is 3.28. The Balaban J connectivity index is 1.40. The van der Waals surface area contributed by atoms with E-state index in [-0.39, 0.29) is 6.03 Å². The molecule has 1 aliphatic rings. The average Bonchev–Trinajstić information content (AvgIpc) is 3.01. The van der Waals surface area contributed by atoms with E-state index in [0.29, 0.717) is 19.0 Å². The molecule has 3 rings (SSSR count). The van der Waals surface area contributed by atoms with Crippen LogP contribution in [0.1, 0.15) is 37.1 Å². The summed E-state index contributed by atoms with van der Waals surface area (Å²) in [5, 5.41) is 18.9.